The highest BCUT2D eigenvalue weighted by Gasteiger charge is 2.26. The van der Waals surface area contributed by atoms with Crippen molar-refractivity contribution in [1.29, 1.82) is 0 Å². The zero-order valence-electron chi connectivity index (χ0n) is 9.41. The van der Waals surface area contributed by atoms with E-state index in [0.717, 1.165) is 23.9 Å². The summed E-state index contributed by atoms with van der Waals surface area (Å²) in [7, 11) is 0. The fraction of sp³-hybridized carbons (Fsp3) is 0.636. The van der Waals surface area contributed by atoms with Crippen molar-refractivity contribution in [3.05, 3.63) is 23.9 Å². The zero-order chi connectivity index (χ0) is 11.7. The lowest BCUT2D eigenvalue weighted by atomic mass is 10.1. The average molecular weight is 269 g/mol. The molecule has 0 amide bonds. The minimum atomic E-state index is 0.134. The second-order valence-corrected chi connectivity index (χ2v) is 6.78. The fourth-order valence-electron chi connectivity index (χ4n) is 2.08. The first kappa shape index (κ1) is 11.6. The summed E-state index contributed by atoms with van der Waals surface area (Å²) in [5.74, 6) is 5.28. The number of rotatable bonds is 2. The van der Waals surface area contributed by atoms with Gasteiger partial charge in [-0.15, -0.1) is 11.8 Å². The predicted octanol–water partition coefficient (Wildman–Crippen LogP) is 1.96. The fourth-order valence-corrected chi connectivity index (χ4v) is 4.66. The number of hydrogen-bond acceptors (Lipinski definition) is 6. The molecule has 0 radical (unpaired) electrons. The minimum absolute atomic E-state index is 0.134. The predicted molar refractivity (Wildman–Crippen MR) is 71.3 cm³/mol. The molecule has 0 bridgehead atoms. The van der Waals surface area contributed by atoms with E-state index in [2.05, 4.69) is 16.2 Å². The number of allylic oxidation sites excluding steroid dienone is 1. The summed E-state index contributed by atoms with van der Waals surface area (Å²) in [6.45, 7) is 0. The van der Waals surface area contributed by atoms with Gasteiger partial charge in [-0.25, -0.2) is 0 Å². The number of aromatic nitrogens is 2. The second kappa shape index (κ2) is 5.04. The van der Waals surface area contributed by atoms with Crippen molar-refractivity contribution in [2.45, 2.75) is 23.6 Å². The van der Waals surface area contributed by atoms with Crippen LogP contribution in [-0.2, 0) is 0 Å². The van der Waals surface area contributed by atoms with E-state index in [1.165, 1.54) is 11.5 Å². The Labute approximate surface area is 109 Å². The van der Waals surface area contributed by atoms with Gasteiger partial charge >= 0.3 is 0 Å². The Morgan fingerprint density at radius 3 is 3.00 bits per heavy atom. The van der Waals surface area contributed by atoms with Gasteiger partial charge in [-0.3, -0.25) is 0 Å². The van der Waals surface area contributed by atoms with E-state index in [9.17, 15) is 0 Å². The van der Waals surface area contributed by atoms with Crippen LogP contribution in [0.4, 0.5) is 0 Å². The highest BCUT2D eigenvalue weighted by Crippen LogP contribution is 2.36. The minimum Gasteiger partial charge on any atom is -0.339 e. The Morgan fingerprint density at radius 2 is 2.29 bits per heavy atom. The number of hydrogen-bond donors (Lipinski definition) is 1. The maximum absolute atomic E-state index is 5.83. The molecule has 4 nitrogen and oxygen atoms in total. The van der Waals surface area contributed by atoms with Crippen molar-refractivity contribution in [2.75, 3.05) is 17.3 Å². The SMILES string of the molecule is NC1C=CC(c2nc(C3CSCCS3)no2)C1. The zero-order valence-corrected chi connectivity index (χ0v) is 11.0. The van der Waals surface area contributed by atoms with Crippen LogP contribution in [0.1, 0.15) is 29.3 Å². The van der Waals surface area contributed by atoms with Gasteiger partial charge in [0.2, 0.25) is 5.89 Å². The molecular formula is C11H15N3OS2. The molecule has 3 unspecified atom stereocenters. The number of nitrogens with zero attached hydrogens (tertiary/aromatic N) is 2. The Morgan fingerprint density at radius 1 is 1.35 bits per heavy atom. The van der Waals surface area contributed by atoms with Crippen molar-refractivity contribution < 1.29 is 4.52 Å². The van der Waals surface area contributed by atoms with Crippen LogP contribution in [0.5, 0.6) is 0 Å². The molecule has 0 aromatic carbocycles. The highest BCUT2D eigenvalue weighted by molar-refractivity contribution is 8.06. The third-order valence-corrected chi connectivity index (χ3v) is 5.75. The van der Waals surface area contributed by atoms with Crippen LogP contribution in [0, 0.1) is 0 Å². The van der Waals surface area contributed by atoms with Gasteiger partial charge in [-0.2, -0.15) is 16.7 Å². The molecule has 1 fully saturated rings. The Hall–Kier alpha value is -0.460. The first-order valence-corrected chi connectivity index (χ1v) is 8.00. The summed E-state index contributed by atoms with van der Waals surface area (Å²) < 4.78 is 5.36. The van der Waals surface area contributed by atoms with E-state index in [0.29, 0.717) is 5.25 Å². The Balaban J connectivity index is 1.71. The van der Waals surface area contributed by atoms with Gasteiger partial charge in [0.15, 0.2) is 5.82 Å². The first-order valence-electron chi connectivity index (χ1n) is 5.79. The number of nitrogens with two attached hydrogens (primary N) is 1. The van der Waals surface area contributed by atoms with Crippen LogP contribution in [0.25, 0.3) is 0 Å². The smallest absolute Gasteiger partial charge is 0.233 e. The lowest BCUT2D eigenvalue weighted by molar-refractivity contribution is 0.360. The third-order valence-electron chi connectivity index (χ3n) is 3.00. The molecule has 1 aliphatic heterocycles. The summed E-state index contributed by atoms with van der Waals surface area (Å²) in [5.41, 5.74) is 5.83. The summed E-state index contributed by atoms with van der Waals surface area (Å²) in [6.07, 6.45) is 4.97. The molecule has 6 heteroatoms. The van der Waals surface area contributed by atoms with Crippen LogP contribution in [0.15, 0.2) is 16.7 Å². The van der Waals surface area contributed by atoms with Gasteiger partial charge in [0.25, 0.3) is 0 Å². The topological polar surface area (TPSA) is 64.9 Å². The van der Waals surface area contributed by atoms with Crippen LogP contribution >= 0.6 is 23.5 Å². The average Bonchev–Trinajstić information content (AvgIpc) is 2.98. The molecule has 2 aliphatic rings. The third kappa shape index (κ3) is 2.53. The molecule has 1 aromatic heterocycles. The molecule has 1 aromatic rings. The van der Waals surface area contributed by atoms with Gasteiger partial charge in [0, 0.05) is 23.3 Å². The van der Waals surface area contributed by atoms with Crippen LogP contribution in [0.2, 0.25) is 0 Å². The van der Waals surface area contributed by atoms with Crippen LogP contribution in [-0.4, -0.2) is 33.4 Å². The van der Waals surface area contributed by atoms with Gasteiger partial charge in [-0.05, 0) is 6.42 Å². The summed E-state index contributed by atoms with van der Waals surface area (Å²) in [4.78, 5) is 4.53. The molecule has 1 aliphatic carbocycles. The van der Waals surface area contributed by atoms with Crippen molar-refractivity contribution >= 4 is 23.5 Å². The Bertz CT molecular complexity index is 415. The van der Waals surface area contributed by atoms with E-state index < -0.39 is 0 Å². The van der Waals surface area contributed by atoms with E-state index in [4.69, 9.17) is 10.3 Å². The van der Waals surface area contributed by atoms with Crippen LogP contribution < -0.4 is 5.73 Å². The quantitative estimate of drug-likeness (QED) is 0.828. The van der Waals surface area contributed by atoms with Crippen molar-refractivity contribution in [1.82, 2.24) is 10.1 Å². The van der Waals surface area contributed by atoms with Gasteiger partial charge in [-0.1, -0.05) is 17.3 Å². The maximum atomic E-state index is 5.83. The number of thioether (sulfide) groups is 2. The monoisotopic (exact) mass is 269 g/mol. The molecule has 92 valence electrons. The van der Waals surface area contributed by atoms with E-state index in [-0.39, 0.29) is 12.0 Å². The molecule has 2 heterocycles. The second-order valence-electron chi connectivity index (χ2n) is 4.32. The molecule has 3 atom stereocenters. The highest BCUT2D eigenvalue weighted by atomic mass is 32.2. The summed E-state index contributed by atoms with van der Waals surface area (Å²) >= 11 is 3.89. The standard InChI is InChI=1S/C11H15N3OS2/c12-8-2-1-7(5-8)11-13-10(14-15-11)9-6-16-3-4-17-9/h1-2,7-9H,3-6,12H2. The first-order chi connectivity index (χ1) is 8.33. The summed E-state index contributed by atoms with van der Waals surface area (Å²) in [5, 5.41) is 4.51. The van der Waals surface area contributed by atoms with E-state index in [1.54, 1.807) is 0 Å². The Kier molecular flexibility index (Phi) is 3.44. The largest absolute Gasteiger partial charge is 0.339 e. The normalized spacial score (nSPS) is 33.1. The maximum Gasteiger partial charge on any atom is 0.233 e. The molecule has 2 N–H and O–H groups in total. The molecule has 3 rings (SSSR count). The molecule has 0 spiro atoms. The molecule has 1 saturated heterocycles. The lowest BCUT2D eigenvalue weighted by Gasteiger charge is -2.17. The van der Waals surface area contributed by atoms with Gasteiger partial charge < -0.3 is 10.3 Å². The molecule has 0 saturated carbocycles. The van der Waals surface area contributed by atoms with Crippen molar-refractivity contribution in [3.63, 3.8) is 0 Å². The van der Waals surface area contributed by atoms with E-state index in [1.807, 2.05) is 29.6 Å². The molecule has 17 heavy (non-hydrogen) atoms. The van der Waals surface area contributed by atoms with E-state index >= 15 is 0 Å². The lowest BCUT2D eigenvalue weighted by Crippen LogP contribution is -2.14. The van der Waals surface area contributed by atoms with Crippen molar-refractivity contribution in [3.8, 4) is 0 Å². The summed E-state index contributed by atoms with van der Waals surface area (Å²) in [6, 6.07) is 0.134. The van der Waals surface area contributed by atoms with Gasteiger partial charge in [0.05, 0.1) is 11.2 Å². The van der Waals surface area contributed by atoms with Crippen LogP contribution in [0.3, 0.4) is 0 Å². The van der Waals surface area contributed by atoms with Gasteiger partial charge in [0.1, 0.15) is 0 Å². The molecular weight excluding hydrogens is 254 g/mol. The van der Waals surface area contributed by atoms with Crippen molar-refractivity contribution in [2.24, 2.45) is 5.73 Å².